The number of nitrogens with zero attached hydrogens (tertiary/aromatic N) is 3. The molecule has 0 spiro atoms. The molecule has 0 bridgehead atoms. The maximum atomic E-state index is 12.2. The Labute approximate surface area is 164 Å². The smallest absolute Gasteiger partial charge is 0.319 e. The van der Waals surface area contributed by atoms with E-state index in [2.05, 4.69) is 36.0 Å². The van der Waals surface area contributed by atoms with Crippen LogP contribution in [0.3, 0.4) is 0 Å². The lowest BCUT2D eigenvalue weighted by Crippen LogP contribution is -2.45. The van der Waals surface area contributed by atoms with Crippen molar-refractivity contribution in [1.82, 2.24) is 30.7 Å². The number of carbonyl (C=O) groups excluding carboxylic acids is 2. The molecule has 0 saturated heterocycles. The first-order valence-electron chi connectivity index (χ1n) is 9.50. The van der Waals surface area contributed by atoms with Crippen LogP contribution in [0.2, 0.25) is 0 Å². The zero-order chi connectivity index (χ0) is 20.1. The van der Waals surface area contributed by atoms with Gasteiger partial charge in [-0.15, -0.1) is 10.2 Å². The predicted molar refractivity (Wildman–Crippen MR) is 106 cm³/mol. The molecule has 28 heavy (non-hydrogen) atoms. The van der Waals surface area contributed by atoms with Crippen molar-refractivity contribution in [3.8, 4) is 0 Å². The van der Waals surface area contributed by atoms with E-state index < -0.39 is 0 Å². The van der Waals surface area contributed by atoms with Gasteiger partial charge < -0.3 is 25.8 Å². The largest absolute Gasteiger partial charge is 0.336 e. The lowest BCUT2D eigenvalue weighted by Gasteiger charge is -2.25. The molecule has 4 amide bonds. The Morgan fingerprint density at radius 1 is 1.18 bits per heavy atom. The molecule has 1 aliphatic rings. The number of hydrogen-bond acceptors (Lipinski definition) is 4. The summed E-state index contributed by atoms with van der Waals surface area (Å²) in [5, 5.41) is 19.6. The number of hydrogen-bond donors (Lipinski definition) is 4. The zero-order valence-corrected chi connectivity index (χ0v) is 16.5. The van der Waals surface area contributed by atoms with Crippen molar-refractivity contribution in [3.05, 3.63) is 41.5 Å². The Kier molecular flexibility index (Phi) is 6.13. The van der Waals surface area contributed by atoms with Crippen LogP contribution in [0.1, 0.15) is 37.5 Å². The fraction of sp³-hybridized carbons (Fsp3) is 0.474. The SMILES string of the molecule is Cc1nnc2n1CC(NC(=O)NCc1ccc(NC(=O)NC(C)C)cc1)CC2. The molecule has 0 saturated carbocycles. The van der Waals surface area contributed by atoms with Crippen molar-refractivity contribution >= 4 is 17.7 Å². The summed E-state index contributed by atoms with van der Waals surface area (Å²) in [4.78, 5) is 23.9. The van der Waals surface area contributed by atoms with Gasteiger partial charge in [0.05, 0.1) is 0 Å². The van der Waals surface area contributed by atoms with Gasteiger partial charge in [0.15, 0.2) is 0 Å². The Hall–Kier alpha value is -3.10. The van der Waals surface area contributed by atoms with Gasteiger partial charge in [0.1, 0.15) is 11.6 Å². The third kappa shape index (κ3) is 5.21. The van der Waals surface area contributed by atoms with Crippen molar-refractivity contribution in [1.29, 1.82) is 0 Å². The quantitative estimate of drug-likeness (QED) is 0.630. The molecule has 1 aliphatic heterocycles. The van der Waals surface area contributed by atoms with Crippen LogP contribution in [-0.2, 0) is 19.5 Å². The Balaban J connectivity index is 1.43. The monoisotopic (exact) mass is 385 g/mol. The Bertz CT molecular complexity index is 829. The highest BCUT2D eigenvalue weighted by Crippen LogP contribution is 2.14. The van der Waals surface area contributed by atoms with Crippen molar-refractivity contribution in [2.75, 3.05) is 5.32 Å². The third-order valence-corrected chi connectivity index (χ3v) is 4.55. The second kappa shape index (κ2) is 8.73. The molecule has 2 heterocycles. The number of aromatic nitrogens is 3. The van der Waals surface area contributed by atoms with E-state index in [4.69, 9.17) is 0 Å². The molecule has 4 N–H and O–H groups in total. The summed E-state index contributed by atoms with van der Waals surface area (Å²) in [5.74, 6) is 1.85. The van der Waals surface area contributed by atoms with Gasteiger partial charge in [-0.05, 0) is 44.9 Å². The topological polar surface area (TPSA) is 113 Å². The molecule has 2 aromatic rings. The number of nitrogens with one attached hydrogen (secondary N) is 4. The minimum atomic E-state index is -0.237. The highest BCUT2D eigenvalue weighted by Gasteiger charge is 2.22. The first-order chi connectivity index (χ1) is 13.4. The minimum Gasteiger partial charge on any atom is -0.336 e. The number of urea groups is 2. The number of benzene rings is 1. The van der Waals surface area contributed by atoms with E-state index in [-0.39, 0.29) is 24.1 Å². The molecule has 0 radical (unpaired) electrons. The maximum absolute atomic E-state index is 12.2. The molecular formula is C19H27N7O2. The normalized spacial score (nSPS) is 15.6. The predicted octanol–water partition coefficient (Wildman–Crippen LogP) is 1.93. The number of amides is 4. The number of fused-ring (bicyclic) bond motifs is 1. The first-order valence-corrected chi connectivity index (χ1v) is 9.50. The second-order valence-electron chi connectivity index (χ2n) is 7.29. The summed E-state index contributed by atoms with van der Waals surface area (Å²) >= 11 is 0. The van der Waals surface area contributed by atoms with E-state index in [1.165, 1.54) is 0 Å². The number of aryl methyl sites for hydroxylation is 2. The summed E-state index contributed by atoms with van der Waals surface area (Å²) in [7, 11) is 0. The fourth-order valence-corrected chi connectivity index (χ4v) is 3.13. The maximum Gasteiger partial charge on any atom is 0.319 e. The molecule has 0 fully saturated rings. The summed E-state index contributed by atoms with van der Waals surface area (Å²) in [5.41, 5.74) is 1.65. The molecule has 3 rings (SSSR count). The summed E-state index contributed by atoms with van der Waals surface area (Å²) in [6, 6.07) is 7.08. The summed E-state index contributed by atoms with van der Waals surface area (Å²) in [6.45, 7) is 6.83. The van der Waals surface area contributed by atoms with Crippen LogP contribution < -0.4 is 21.3 Å². The minimum absolute atomic E-state index is 0.0632. The number of anilines is 1. The van der Waals surface area contributed by atoms with E-state index in [0.717, 1.165) is 30.1 Å². The van der Waals surface area contributed by atoms with Crippen LogP contribution in [0.4, 0.5) is 15.3 Å². The van der Waals surface area contributed by atoms with Crippen LogP contribution in [0, 0.1) is 6.92 Å². The molecular weight excluding hydrogens is 358 g/mol. The van der Waals surface area contributed by atoms with Gasteiger partial charge in [0.25, 0.3) is 0 Å². The molecule has 1 atom stereocenters. The van der Waals surface area contributed by atoms with E-state index >= 15 is 0 Å². The van der Waals surface area contributed by atoms with Crippen LogP contribution in [0.15, 0.2) is 24.3 Å². The van der Waals surface area contributed by atoms with Crippen molar-refractivity contribution in [2.45, 2.75) is 58.8 Å². The van der Waals surface area contributed by atoms with Crippen LogP contribution in [-0.4, -0.2) is 38.9 Å². The molecule has 9 nitrogen and oxygen atoms in total. The average molecular weight is 385 g/mol. The third-order valence-electron chi connectivity index (χ3n) is 4.55. The van der Waals surface area contributed by atoms with Gasteiger partial charge in [-0.1, -0.05) is 12.1 Å². The molecule has 9 heteroatoms. The average Bonchev–Trinajstić information content (AvgIpc) is 3.01. The van der Waals surface area contributed by atoms with Gasteiger partial charge >= 0.3 is 12.1 Å². The summed E-state index contributed by atoms with van der Waals surface area (Å²) < 4.78 is 2.05. The molecule has 1 aromatic heterocycles. The molecule has 0 aliphatic carbocycles. The van der Waals surface area contributed by atoms with Gasteiger partial charge in [-0.25, -0.2) is 9.59 Å². The highest BCUT2D eigenvalue weighted by molar-refractivity contribution is 5.89. The van der Waals surface area contributed by atoms with E-state index in [1.54, 1.807) is 0 Å². The fourth-order valence-electron chi connectivity index (χ4n) is 3.13. The summed E-state index contributed by atoms with van der Waals surface area (Å²) in [6.07, 6.45) is 1.66. The van der Waals surface area contributed by atoms with E-state index in [9.17, 15) is 9.59 Å². The van der Waals surface area contributed by atoms with Crippen molar-refractivity contribution < 1.29 is 9.59 Å². The van der Waals surface area contributed by atoms with Crippen molar-refractivity contribution in [3.63, 3.8) is 0 Å². The van der Waals surface area contributed by atoms with E-state index in [0.29, 0.717) is 18.8 Å². The Morgan fingerprint density at radius 2 is 1.93 bits per heavy atom. The van der Waals surface area contributed by atoms with Crippen molar-refractivity contribution in [2.24, 2.45) is 0 Å². The van der Waals surface area contributed by atoms with Gasteiger partial charge in [0, 0.05) is 37.3 Å². The number of carbonyl (C=O) groups is 2. The lowest BCUT2D eigenvalue weighted by molar-refractivity contribution is 0.232. The number of rotatable bonds is 5. The van der Waals surface area contributed by atoms with Gasteiger partial charge in [0.2, 0.25) is 0 Å². The Morgan fingerprint density at radius 3 is 2.64 bits per heavy atom. The molecule has 1 aromatic carbocycles. The zero-order valence-electron chi connectivity index (χ0n) is 16.5. The lowest BCUT2D eigenvalue weighted by atomic mass is 10.1. The second-order valence-corrected chi connectivity index (χ2v) is 7.29. The van der Waals surface area contributed by atoms with Crippen LogP contribution in [0.25, 0.3) is 0 Å². The molecule has 150 valence electrons. The molecule has 1 unspecified atom stereocenters. The van der Waals surface area contributed by atoms with Gasteiger partial charge in [-0.2, -0.15) is 0 Å². The highest BCUT2D eigenvalue weighted by atomic mass is 16.2. The van der Waals surface area contributed by atoms with E-state index in [1.807, 2.05) is 45.0 Å². The van der Waals surface area contributed by atoms with Gasteiger partial charge in [-0.3, -0.25) is 0 Å². The van der Waals surface area contributed by atoms with Crippen LogP contribution in [0.5, 0.6) is 0 Å². The standard InChI is InChI=1S/C19H27N7O2/c1-12(2)21-19(28)22-15-6-4-14(5-7-15)10-20-18(27)23-16-8-9-17-25-24-13(3)26(17)11-16/h4-7,12,16H,8-11H2,1-3H3,(H2,20,23,27)(H2,21,22,28). The first kappa shape index (κ1) is 19.7. The van der Waals surface area contributed by atoms with Crippen LogP contribution >= 0.6 is 0 Å².